The van der Waals surface area contributed by atoms with Crippen LogP contribution in [-0.4, -0.2) is 28.2 Å². The molecule has 0 bridgehead atoms. The van der Waals surface area contributed by atoms with Crippen LogP contribution in [0.1, 0.15) is 19.4 Å². The molecule has 3 rings (SSSR count). The van der Waals surface area contributed by atoms with Crippen molar-refractivity contribution in [2.24, 2.45) is 0 Å². The number of amides is 1. The lowest BCUT2D eigenvalue weighted by atomic mass is 10.1. The van der Waals surface area contributed by atoms with Gasteiger partial charge in [-0.1, -0.05) is 30.8 Å². The standard InChI is InChI=1S/C22H23N3O3S/c1-4-15-5-9-17(10-6-15)23-21(27)14(2)29-22-24-19(13-20(26)25-22)16-7-11-18(28-3)12-8-16/h5-14H,4H2,1-3H3,(H,23,27)(H,24,25,26). The quantitative estimate of drug-likeness (QED) is 0.453. The third kappa shape index (κ3) is 5.48. The second-order valence-corrected chi connectivity index (χ2v) is 7.79. The Kier molecular flexibility index (Phi) is 6.72. The summed E-state index contributed by atoms with van der Waals surface area (Å²) in [6.07, 6.45) is 0.948. The largest absolute Gasteiger partial charge is 0.497 e. The fraction of sp³-hybridized carbons (Fsp3) is 0.227. The number of benzene rings is 2. The molecule has 1 atom stereocenters. The Bertz CT molecular complexity index is 1030. The number of nitrogens with zero attached hydrogens (tertiary/aromatic N) is 1. The van der Waals surface area contributed by atoms with E-state index >= 15 is 0 Å². The Balaban J connectivity index is 1.71. The molecule has 2 N–H and O–H groups in total. The molecule has 1 unspecified atom stereocenters. The molecule has 0 saturated heterocycles. The Labute approximate surface area is 173 Å². The second kappa shape index (κ2) is 9.43. The molecule has 6 nitrogen and oxygen atoms in total. The number of thioether (sulfide) groups is 1. The zero-order chi connectivity index (χ0) is 20.8. The maximum absolute atomic E-state index is 12.5. The first-order valence-corrected chi connectivity index (χ1v) is 10.2. The number of ether oxygens (including phenoxy) is 1. The van der Waals surface area contributed by atoms with Gasteiger partial charge in [0.2, 0.25) is 5.91 Å². The molecule has 0 aliphatic carbocycles. The van der Waals surface area contributed by atoms with Crippen molar-refractivity contribution in [3.05, 3.63) is 70.5 Å². The Morgan fingerprint density at radius 1 is 1.17 bits per heavy atom. The summed E-state index contributed by atoms with van der Waals surface area (Å²) in [6.45, 7) is 3.86. The number of methoxy groups -OCH3 is 1. The first-order chi connectivity index (χ1) is 14.0. The third-order valence-corrected chi connectivity index (χ3v) is 5.38. The number of anilines is 1. The molecule has 0 aliphatic rings. The number of carbonyl (C=O) groups excluding carboxylic acids is 1. The number of rotatable bonds is 7. The summed E-state index contributed by atoms with van der Waals surface area (Å²) in [5.41, 5.74) is 3.03. The molecule has 2 aromatic carbocycles. The number of carbonyl (C=O) groups is 1. The minimum Gasteiger partial charge on any atom is -0.497 e. The number of nitrogens with one attached hydrogen (secondary N) is 2. The lowest BCUT2D eigenvalue weighted by Gasteiger charge is -2.12. The van der Waals surface area contributed by atoms with Gasteiger partial charge in [-0.15, -0.1) is 0 Å². The summed E-state index contributed by atoms with van der Waals surface area (Å²) in [7, 11) is 1.60. The van der Waals surface area contributed by atoms with Crippen LogP contribution in [-0.2, 0) is 11.2 Å². The molecule has 1 aromatic heterocycles. The van der Waals surface area contributed by atoms with Gasteiger partial charge >= 0.3 is 0 Å². The number of aromatic nitrogens is 2. The molecule has 0 spiro atoms. The third-order valence-electron chi connectivity index (χ3n) is 4.39. The molecule has 3 aromatic rings. The molecule has 0 aliphatic heterocycles. The average Bonchev–Trinajstić information content (AvgIpc) is 2.74. The van der Waals surface area contributed by atoms with E-state index in [2.05, 4.69) is 22.2 Å². The highest BCUT2D eigenvalue weighted by Gasteiger charge is 2.17. The summed E-state index contributed by atoms with van der Waals surface area (Å²) >= 11 is 1.21. The van der Waals surface area contributed by atoms with Crippen molar-refractivity contribution >= 4 is 23.4 Å². The zero-order valence-corrected chi connectivity index (χ0v) is 17.4. The molecule has 0 saturated carbocycles. The summed E-state index contributed by atoms with van der Waals surface area (Å²) in [5, 5.41) is 2.85. The van der Waals surface area contributed by atoms with Crippen molar-refractivity contribution in [1.29, 1.82) is 0 Å². The Hall–Kier alpha value is -3.06. The van der Waals surface area contributed by atoms with Gasteiger partial charge < -0.3 is 15.0 Å². The number of aromatic amines is 1. The molecular weight excluding hydrogens is 386 g/mol. The number of aryl methyl sites for hydroxylation is 1. The van der Waals surface area contributed by atoms with Gasteiger partial charge in [0.1, 0.15) is 5.75 Å². The number of H-pyrrole nitrogens is 1. The molecule has 150 valence electrons. The highest BCUT2D eigenvalue weighted by atomic mass is 32.2. The predicted octanol–water partition coefficient (Wildman–Crippen LogP) is 4.13. The van der Waals surface area contributed by atoms with Gasteiger partial charge in [0.25, 0.3) is 5.56 Å². The van der Waals surface area contributed by atoms with Crippen LogP contribution in [0.5, 0.6) is 5.75 Å². The summed E-state index contributed by atoms with van der Waals surface area (Å²) in [4.78, 5) is 31.8. The van der Waals surface area contributed by atoms with Gasteiger partial charge in [-0.2, -0.15) is 0 Å². The van der Waals surface area contributed by atoms with E-state index < -0.39 is 5.25 Å². The fourth-order valence-electron chi connectivity index (χ4n) is 2.69. The predicted molar refractivity (Wildman–Crippen MR) is 117 cm³/mol. The highest BCUT2D eigenvalue weighted by molar-refractivity contribution is 8.00. The second-order valence-electron chi connectivity index (χ2n) is 6.46. The van der Waals surface area contributed by atoms with Crippen molar-refractivity contribution in [3.8, 4) is 17.0 Å². The zero-order valence-electron chi connectivity index (χ0n) is 16.6. The van der Waals surface area contributed by atoms with Crippen molar-refractivity contribution < 1.29 is 9.53 Å². The number of hydrogen-bond acceptors (Lipinski definition) is 5. The molecule has 29 heavy (non-hydrogen) atoms. The van der Waals surface area contributed by atoms with Crippen molar-refractivity contribution in [2.45, 2.75) is 30.7 Å². The van der Waals surface area contributed by atoms with Crippen LogP contribution in [0, 0.1) is 0 Å². The van der Waals surface area contributed by atoms with E-state index in [4.69, 9.17) is 4.74 Å². The topological polar surface area (TPSA) is 84.1 Å². The normalized spacial score (nSPS) is 11.7. The van der Waals surface area contributed by atoms with E-state index in [0.717, 1.165) is 23.4 Å². The molecule has 7 heteroatoms. The van der Waals surface area contributed by atoms with Crippen LogP contribution in [0.4, 0.5) is 5.69 Å². The van der Waals surface area contributed by atoms with Crippen LogP contribution in [0.25, 0.3) is 11.3 Å². The van der Waals surface area contributed by atoms with Gasteiger partial charge in [0.15, 0.2) is 5.16 Å². The van der Waals surface area contributed by atoms with Crippen molar-refractivity contribution in [1.82, 2.24) is 9.97 Å². The van der Waals surface area contributed by atoms with E-state index in [9.17, 15) is 9.59 Å². The monoisotopic (exact) mass is 409 g/mol. The van der Waals surface area contributed by atoms with Gasteiger partial charge in [-0.25, -0.2) is 4.98 Å². The lowest BCUT2D eigenvalue weighted by Crippen LogP contribution is -2.23. The molecule has 0 fully saturated rings. The minimum absolute atomic E-state index is 0.156. The SMILES string of the molecule is CCc1ccc(NC(=O)C(C)Sc2nc(-c3ccc(OC)cc3)cc(=O)[nH]2)cc1. The maximum Gasteiger partial charge on any atom is 0.252 e. The molecular formula is C22H23N3O3S. The van der Waals surface area contributed by atoms with E-state index in [-0.39, 0.29) is 11.5 Å². The van der Waals surface area contributed by atoms with E-state index in [1.165, 1.54) is 23.4 Å². The van der Waals surface area contributed by atoms with Gasteiger partial charge in [0.05, 0.1) is 18.1 Å². The molecule has 0 radical (unpaired) electrons. The van der Waals surface area contributed by atoms with Gasteiger partial charge in [-0.3, -0.25) is 9.59 Å². The summed E-state index contributed by atoms with van der Waals surface area (Å²) in [5.74, 6) is 0.571. The van der Waals surface area contributed by atoms with E-state index in [0.29, 0.717) is 10.9 Å². The summed E-state index contributed by atoms with van der Waals surface area (Å²) in [6, 6.07) is 16.5. The minimum atomic E-state index is -0.435. The Morgan fingerprint density at radius 2 is 1.86 bits per heavy atom. The van der Waals surface area contributed by atoms with Crippen LogP contribution >= 0.6 is 11.8 Å². The van der Waals surface area contributed by atoms with Crippen molar-refractivity contribution in [3.63, 3.8) is 0 Å². The van der Waals surface area contributed by atoms with Gasteiger partial charge in [0, 0.05) is 17.3 Å². The molecule has 1 amide bonds. The van der Waals surface area contributed by atoms with Crippen molar-refractivity contribution in [2.75, 3.05) is 12.4 Å². The highest BCUT2D eigenvalue weighted by Crippen LogP contribution is 2.24. The van der Waals surface area contributed by atoms with Crippen LogP contribution < -0.4 is 15.6 Å². The van der Waals surface area contributed by atoms with Crippen LogP contribution in [0.15, 0.2) is 64.5 Å². The Morgan fingerprint density at radius 3 is 2.48 bits per heavy atom. The molecule has 1 heterocycles. The first kappa shape index (κ1) is 20.7. The van der Waals surface area contributed by atoms with E-state index in [1.54, 1.807) is 14.0 Å². The lowest BCUT2D eigenvalue weighted by molar-refractivity contribution is -0.115. The summed E-state index contributed by atoms with van der Waals surface area (Å²) < 4.78 is 5.16. The van der Waals surface area contributed by atoms with Gasteiger partial charge in [-0.05, 0) is 55.3 Å². The van der Waals surface area contributed by atoms with Crippen LogP contribution in [0.2, 0.25) is 0 Å². The number of hydrogen-bond donors (Lipinski definition) is 2. The average molecular weight is 410 g/mol. The van der Waals surface area contributed by atoms with Crippen LogP contribution in [0.3, 0.4) is 0 Å². The van der Waals surface area contributed by atoms with E-state index in [1.807, 2.05) is 48.5 Å². The maximum atomic E-state index is 12.5. The first-order valence-electron chi connectivity index (χ1n) is 9.30. The smallest absolute Gasteiger partial charge is 0.252 e. The fourth-order valence-corrected chi connectivity index (χ4v) is 3.50.